The first-order valence-electron chi connectivity index (χ1n) is 35.0. The molecule has 0 fully saturated rings. The second-order valence-corrected chi connectivity index (χ2v) is 28.9. The summed E-state index contributed by atoms with van der Waals surface area (Å²) in [4.78, 5) is 37.0. The first kappa shape index (κ1) is 59.6. The quantitative estimate of drug-likeness (QED) is 0.134. The molecule has 0 saturated carbocycles. The molecule has 17 aromatic rings. The number of fused-ring (bicyclic) bond motifs is 20. The van der Waals surface area contributed by atoms with Crippen LogP contribution in [0.1, 0.15) is 48.7 Å². The fourth-order valence-electron chi connectivity index (χ4n) is 17.1. The first-order valence-corrected chi connectivity index (χ1v) is 36.6. The normalized spacial score (nSPS) is 14.1. The molecular weight excluding hydrogens is 1300 g/mol. The summed E-state index contributed by atoms with van der Waals surface area (Å²) < 4.78 is 0. The van der Waals surface area contributed by atoms with E-state index < -0.39 is 10.8 Å². The van der Waals surface area contributed by atoms with Crippen molar-refractivity contribution in [3.63, 3.8) is 0 Å². The predicted octanol–water partition coefficient (Wildman–Crippen LogP) is 23.4. The third-order valence-corrected chi connectivity index (χ3v) is 24.2. The van der Waals surface area contributed by atoms with Gasteiger partial charge < -0.3 is 0 Å². The maximum Gasteiger partial charge on any atom is 0.164 e. The zero-order valence-electron chi connectivity index (χ0n) is 55.7. The summed E-state index contributed by atoms with van der Waals surface area (Å²) >= 11 is 3.66. The molecule has 21 rings (SSSR count). The van der Waals surface area contributed by atoms with E-state index in [0.29, 0.717) is 40.5 Å². The SMILES string of the molecule is N#Cc1c(-c2ccccc2)sc2c1-c1ccccc1C21c2ccccc2-c2c(-c3nc(-c4ccccc4)nc(-c4ccc(-c5cccc(-c6nc(-c7ccccc7)nc(-c7ccc8c(c7)C7(c9ccccc9-c9ccccc97)c7sc(-c9ccccc9)c(-c9ccccc9)c7-8)n6)c5)cc4)n3)cccc21. The molecule has 0 saturated heterocycles. The van der Waals surface area contributed by atoms with E-state index in [1.165, 1.54) is 76.5 Å². The lowest BCUT2D eigenvalue weighted by molar-refractivity contribution is 0.811. The standard InChI is InChI=1S/C95H55N7S2/c96-56-73-82-70-41-19-23-46-77(70)94(86(82)103-84(73)59-28-8-2-9-29-59)76-45-22-18-40-69(76)81-72(42-25-47-78(81)94)93-101-89(62-34-14-5-15-35-62)97-90(102-93)63-50-48-57(49-51-63)64-36-24-37-65(54-64)91-98-88(61-32-12-4-13-33-61)99-92(100-91)66-52-53-71-79(55-66)95(74-43-20-16-38-67(74)68-39-17-21-44-75(68)95)87-83(71)80(58-26-6-1-7-27-58)85(104-87)60-30-10-3-11-31-60/h1-55H. The summed E-state index contributed by atoms with van der Waals surface area (Å²) in [5.41, 5.74) is 27.9. The third-order valence-electron chi connectivity index (χ3n) is 21.5. The van der Waals surface area contributed by atoms with Crippen LogP contribution >= 0.6 is 22.7 Å². The van der Waals surface area contributed by atoms with Gasteiger partial charge in [0, 0.05) is 64.7 Å². The summed E-state index contributed by atoms with van der Waals surface area (Å²) in [6.45, 7) is 0. The van der Waals surface area contributed by atoms with Crippen molar-refractivity contribution in [3.05, 3.63) is 382 Å². The van der Waals surface area contributed by atoms with Gasteiger partial charge in [0.25, 0.3) is 0 Å². The van der Waals surface area contributed by atoms with E-state index in [4.69, 9.17) is 29.9 Å². The Balaban J connectivity index is 0.679. The smallest absolute Gasteiger partial charge is 0.164 e. The van der Waals surface area contributed by atoms with E-state index in [-0.39, 0.29) is 0 Å². The van der Waals surface area contributed by atoms with Gasteiger partial charge in [0.05, 0.1) is 21.3 Å². The monoisotopic (exact) mass is 1360 g/mol. The summed E-state index contributed by atoms with van der Waals surface area (Å²) in [6.07, 6.45) is 0. The molecule has 104 heavy (non-hydrogen) atoms. The molecule has 1 atom stereocenters. The Labute approximate surface area is 608 Å². The lowest BCUT2D eigenvalue weighted by Gasteiger charge is -2.29. The molecule has 4 aliphatic carbocycles. The molecule has 1 unspecified atom stereocenters. The van der Waals surface area contributed by atoms with E-state index in [1.54, 1.807) is 11.3 Å². The van der Waals surface area contributed by atoms with E-state index in [0.717, 1.165) is 87.6 Å². The van der Waals surface area contributed by atoms with Crippen LogP contribution < -0.4 is 0 Å². The zero-order chi connectivity index (χ0) is 68.6. The number of thiophene rings is 2. The van der Waals surface area contributed by atoms with E-state index in [1.807, 2.05) is 65.9 Å². The Kier molecular flexibility index (Phi) is 13.4. The van der Waals surface area contributed by atoms with Crippen molar-refractivity contribution in [1.29, 1.82) is 5.26 Å². The zero-order valence-corrected chi connectivity index (χ0v) is 57.3. The van der Waals surface area contributed by atoms with Crippen molar-refractivity contribution in [2.24, 2.45) is 0 Å². The molecule has 482 valence electrons. The van der Waals surface area contributed by atoms with Crippen LogP contribution in [0.15, 0.2) is 334 Å². The van der Waals surface area contributed by atoms with Crippen LogP contribution in [0, 0.1) is 11.3 Å². The Morgan fingerprint density at radius 1 is 0.221 bits per heavy atom. The van der Waals surface area contributed by atoms with Gasteiger partial charge in [-0.3, -0.25) is 0 Å². The van der Waals surface area contributed by atoms with Crippen LogP contribution in [0.4, 0.5) is 0 Å². The van der Waals surface area contributed by atoms with Gasteiger partial charge in [0.1, 0.15) is 6.07 Å². The maximum absolute atomic E-state index is 11.1. The molecule has 2 spiro atoms. The van der Waals surface area contributed by atoms with Crippen molar-refractivity contribution in [3.8, 4) is 162 Å². The number of rotatable bonds is 10. The topological polar surface area (TPSA) is 101 Å². The second-order valence-electron chi connectivity index (χ2n) is 26.9. The van der Waals surface area contributed by atoms with Crippen molar-refractivity contribution >= 4 is 22.7 Å². The number of nitrogens with zero attached hydrogens (tertiary/aromatic N) is 7. The average Bonchev–Trinajstić information content (AvgIpc) is 1.50. The molecule has 13 aromatic carbocycles. The Bertz CT molecular complexity index is 6370. The van der Waals surface area contributed by atoms with E-state index >= 15 is 0 Å². The molecule has 0 N–H and O–H groups in total. The molecule has 4 aromatic heterocycles. The lowest BCUT2D eigenvalue weighted by Crippen LogP contribution is -2.25. The molecule has 7 nitrogen and oxygen atoms in total. The van der Waals surface area contributed by atoms with Crippen LogP contribution in [-0.4, -0.2) is 29.9 Å². The van der Waals surface area contributed by atoms with E-state index in [9.17, 15) is 5.26 Å². The van der Waals surface area contributed by atoms with Crippen molar-refractivity contribution in [1.82, 2.24) is 29.9 Å². The fourth-order valence-corrected chi connectivity index (χ4v) is 20.2. The molecule has 0 aliphatic heterocycles. The molecular formula is C95H55N7S2. The second kappa shape index (κ2) is 23.4. The van der Waals surface area contributed by atoms with Gasteiger partial charge in [0.2, 0.25) is 0 Å². The summed E-state index contributed by atoms with van der Waals surface area (Å²) in [7, 11) is 0. The third kappa shape index (κ3) is 8.74. The van der Waals surface area contributed by atoms with Gasteiger partial charge in [-0.05, 0) is 107 Å². The largest absolute Gasteiger partial charge is 0.208 e. The molecule has 9 heteroatoms. The first-order chi connectivity index (χ1) is 51.5. The minimum atomic E-state index is -0.695. The van der Waals surface area contributed by atoms with Gasteiger partial charge in [-0.1, -0.05) is 322 Å². The average molecular weight is 1360 g/mol. The number of benzene rings is 13. The van der Waals surface area contributed by atoms with Gasteiger partial charge >= 0.3 is 0 Å². The van der Waals surface area contributed by atoms with Gasteiger partial charge in [-0.15, -0.1) is 22.7 Å². The van der Waals surface area contributed by atoms with Crippen LogP contribution in [-0.2, 0) is 10.8 Å². The number of hydrogen-bond donors (Lipinski definition) is 0. The number of hydrogen-bond acceptors (Lipinski definition) is 9. The van der Waals surface area contributed by atoms with Crippen LogP contribution in [0.25, 0.3) is 156 Å². The van der Waals surface area contributed by atoms with Crippen molar-refractivity contribution < 1.29 is 0 Å². The molecule has 4 heterocycles. The van der Waals surface area contributed by atoms with Gasteiger partial charge in [-0.25, -0.2) is 29.9 Å². The highest BCUT2D eigenvalue weighted by atomic mass is 32.1. The Hall–Kier alpha value is -13.2. The minimum absolute atomic E-state index is 0.555. The fraction of sp³-hybridized carbons (Fsp3) is 0.0211. The Morgan fingerprint density at radius 2 is 0.567 bits per heavy atom. The van der Waals surface area contributed by atoms with Gasteiger partial charge in [-0.2, -0.15) is 5.26 Å². The molecule has 0 bridgehead atoms. The highest BCUT2D eigenvalue weighted by Crippen LogP contribution is 2.70. The lowest BCUT2D eigenvalue weighted by atomic mass is 9.73. The highest BCUT2D eigenvalue weighted by Gasteiger charge is 2.56. The summed E-state index contributed by atoms with van der Waals surface area (Å²) in [5, 5.41) is 11.1. The van der Waals surface area contributed by atoms with Crippen molar-refractivity contribution in [2.75, 3.05) is 0 Å². The Morgan fingerprint density at radius 3 is 1.12 bits per heavy atom. The van der Waals surface area contributed by atoms with Crippen LogP contribution in [0.2, 0.25) is 0 Å². The summed E-state index contributed by atoms with van der Waals surface area (Å²) in [5.74, 6) is 3.45. The molecule has 0 radical (unpaired) electrons. The number of aromatic nitrogens is 6. The van der Waals surface area contributed by atoms with Crippen LogP contribution in [0.5, 0.6) is 0 Å². The molecule has 0 amide bonds. The highest BCUT2D eigenvalue weighted by molar-refractivity contribution is 7.17. The summed E-state index contributed by atoms with van der Waals surface area (Å²) in [6, 6.07) is 121. The number of nitriles is 1. The van der Waals surface area contributed by atoms with Crippen molar-refractivity contribution in [2.45, 2.75) is 10.8 Å². The minimum Gasteiger partial charge on any atom is -0.208 e. The van der Waals surface area contributed by atoms with Crippen LogP contribution in [0.3, 0.4) is 0 Å². The predicted molar refractivity (Wildman–Crippen MR) is 421 cm³/mol. The van der Waals surface area contributed by atoms with Gasteiger partial charge in [0.15, 0.2) is 34.9 Å². The maximum atomic E-state index is 11.1. The van der Waals surface area contributed by atoms with E-state index in [2.05, 4.69) is 285 Å². The molecule has 4 aliphatic rings.